The number of aryl methyl sites for hydroxylation is 1. The van der Waals surface area contributed by atoms with Gasteiger partial charge >= 0.3 is 0 Å². The molecule has 0 saturated heterocycles. The standard InChI is InChI=1S/C28H35N/c1-19-9-7-8-10-24(19)21-11-12-23(29-18-21)16-22-17-26-25(15-20(22)2)27(3,4)13-14-28(26,5)6/h10-12,15,17-18H,1,7-9,13-14,16H2,2-6H3. The van der Waals surface area contributed by atoms with Gasteiger partial charge in [0.2, 0.25) is 0 Å². The molecule has 0 aliphatic heterocycles. The number of hydrogen-bond acceptors (Lipinski definition) is 1. The Kier molecular flexibility index (Phi) is 5.05. The summed E-state index contributed by atoms with van der Waals surface area (Å²) in [6.07, 6.45) is 11.2. The predicted octanol–water partition coefficient (Wildman–Crippen LogP) is 7.45. The van der Waals surface area contributed by atoms with Crippen molar-refractivity contribution in [2.24, 2.45) is 0 Å². The lowest BCUT2D eigenvalue weighted by Crippen LogP contribution is -2.34. The number of hydrogen-bond donors (Lipinski definition) is 0. The average Bonchev–Trinajstić information content (AvgIpc) is 2.68. The van der Waals surface area contributed by atoms with Gasteiger partial charge in [0, 0.05) is 18.3 Å². The van der Waals surface area contributed by atoms with Crippen LogP contribution in [-0.2, 0) is 17.3 Å². The lowest BCUT2D eigenvalue weighted by Gasteiger charge is -2.42. The fourth-order valence-electron chi connectivity index (χ4n) is 5.00. The highest BCUT2D eigenvalue weighted by molar-refractivity contribution is 5.78. The van der Waals surface area contributed by atoms with Crippen LogP contribution < -0.4 is 0 Å². The second-order valence-electron chi connectivity index (χ2n) is 10.4. The summed E-state index contributed by atoms with van der Waals surface area (Å²) in [6.45, 7) is 16.1. The highest BCUT2D eigenvalue weighted by Gasteiger charge is 2.37. The second-order valence-corrected chi connectivity index (χ2v) is 10.4. The Morgan fingerprint density at radius 1 is 1.00 bits per heavy atom. The van der Waals surface area contributed by atoms with Crippen LogP contribution in [-0.4, -0.2) is 4.98 Å². The molecule has 1 nitrogen and oxygen atoms in total. The summed E-state index contributed by atoms with van der Waals surface area (Å²) in [5.74, 6) is 0. The first kappa shape index (κ1) is 20.1. The minimum atomic E-state index is 0.248. The molecule has 1 heterocycles. The van der Waals surface area contributed by atoms with Gasteiger partial charge in [0.15, 0.2) is 0 Å². The summed E-state index contributed by atoms with van der Waals surface area (Å²) in [5, 5.41) is 0. The number of rotatable bonds is 3. The van der Waals surface area contributed by atoms with Crippen molar-refractivity contribution in [2.45, 2.75) is 84.0 Å². The quantitative estimate of drug-likeness (QED) is 0.534. The SMILES string of the molecule is C=C1CCCC=C1c1ccc(Cc2cc3c(cc2C)C(C)(C)CCC3(C)C)nc1. The smallest absolute Gasteiger partial charge is 0.0447 e. The van der Waals surface area contributed by atoms with Gasteiger partial charge in [-0.1, -0.05) is 58.5 Å². The Hall–Kier alpha value is -2.15. The molecular formula is C28H35N. The molecule has 1 aromatic heterocycles. The van der Waals surface area contributed by atoms with Crippen LogP contribution in [0.1, 0.15) is 93.3 Å². The summed E-state index contributed by atoms with van der Waals surface area (Å²) >= 11 is 0. The fraction of sp³-hybridized carbons (Fsp3) is 0.464. The van der Waals surface area contributed by atoms with Gasteiger partial charge in [0.1, 0.15) is 0 Å². The van der Waals surface area contributed by atoms with E-state index in [1.165, 1.54) is 52.7 Å². The Labute approximate surface area is 177 Å². The van der Waals surface area contributed by atoms with E-state index in [-0.39, 0.29) is 10.8 Å². The molecule has 0 fully saturated rings. The van der Waals surface area contributed by atoms with E-state index in [9.17, 15) is 0 Å². The van der Waals surface area contributed by atoms with E-state index in [4.69, 9.17) is 4.98 Å². The minimum Gasteiger partial charge on any atom is -0.260 e. The average molecular weight is 386 g/mol. The fourth-order valence-corrected chi connectivity index (χ4v) is 5.00. The molecule has 2 aliphatic rings. The molecule has 0 bridgehead atoms. The lowest BCUT2D eigenvalue weighted by atomic mass is 9.62. The van der Waals surface area contributed by atoms with Crippen LogP contribution in [0.5, 0.6) is 0 Å². The van der Waals surface area contributed by atoms with Crippen LogP contribution >= 0.6 is 0 Å². The molecule has 0 saturated carbocycles. The predicted molar refractivity (Wildman–Crippen MR) is 124 cm³/mol. The van der Waals surface area contributed by atoms with Crippen LogP contribution in [0.2, 0.25) is 0 Å². The minimum absolute atomic E-state index is 0.248. The highest BCUT2D eigenvalue weighted by atomic mass is 14.7. The van der Waals surface area contributed by atoms with Gasteiger partial charge in [-0.2, -0.15) is 0 Å². The van der Waals surface area contributed by atoms with Crippen molar-refractivity contribution in [3.05, 3.63) is 82.2 Å². The summed E-state index contributed by atoms with van der Waals surface area (Å²) in [5.41, 5.74) is 11.3. The number of nitrogens with zero attached hydrogens (tertiary/aromatic N) is 1. The zero-order valence-corrected chi connectivity index (χ0v) is 18.9. The zero-order chi connectivity index (χ0) is 20.8. The first-order valence-electron chi connectivity index (χ1n) is 11.2. The Morgan fingerprint density at radius 3 is 2.31 bits per heavy atom. The molecule has 0 N–H and O–H groups in total. The maximum Gasteiger partial charge on any atom is 0.0447 e. The number of benzene rings is 1. The molecule has 0 radical (unpaired) electrons. The van der Waals surface area contributed by atoms with Gasteiger partial charge in [-0.05, 0) is 94.9 Å². The van der Waals surface area contributed by atoms with Crippen molar-refractivity contribution in [3.8, 4) is 0 Å². The number of allylic oxidation sites excluding steroid dienone is 3. The molecule has 29 heavy (non-hydrogen) atoms. The molecule has 0 unspecified atom stereocenters. The van der Waals surface area contributed by atoms with E-state index in [2.05, 4.69) is 71.5 Å². The van der Waals surface area contributed by atoms with E-state index in [0.717, 1.165) is 25.0 Å². The van der Waals surface area contributed by atoms with Crippen molar-refractivity contribution >= 4 is 5.57 Å². The third-order valence-electron chi connectivity index (χ3n) is 7.23. The molecule has 0 spiro atoms. The third-order valence-corrected chi connectivity index (χ3v) is 7.23. The van der Waals surface area contributed by atoms with E-state index in [1.54, 1.807) is 5.56 Å². The van der Waals surface area contributed by atoms with Gasteiger partial charge in [0.25, 0.3) is 0 Å². The largest absolute Gasteiger partial charge is 0.260 e. The lowest BCUT2D eigenvalue weighted by molar-refractivity contribution is 0.331. The van der Waals surface area contributed by atoms with E-state index in [0.29, 0.717) is 0 Å². The number of fused-ring (bicyclic) bond motifs is 1. The van der Waals surface area contributed by atoms with Gasteiger partial charge in [0.05, 0.1) is 0 Å². The van der Waals surface area contributed by atoms with Gasteiger partial charge in [-0.3, -0.25) is 4.98 Å². The molecule has 1 heteroatoms. The summed E-state index contributed by atoms with van der Waals surface area (Å²) < 4.78 is 0. The number of pyridine rings is 1. The molecule has 1 aromatic carbocycles. The van der Waals surface area contributed by atoms with Gasteiger partial charge in [-0.25, -0.2) is 0 Å². The molecule has 2 aliphatic carbocycles. The van der Waals surface area contributed by atoms with Crippen LogP contribution in [0.4, 0.5) is 0 Å². The Morgan fingerprint density at radius 2 is 1.69 bits per heavy atom. The van der Waals surface area contributed by atoms with Crippen molar-refractivity contribution < 1.29 is 0 Å². The first-order chi connectivity index (χ1) is 13.7. The molecule has 2 aromatic rings. The van der Waals surface area contributed by atoms with Crippen LogP contribution in [0, 0.1) is 6.92 Å². The van der Waals surface area contributed by atoms with Crippen molar-refractivity contribution in [2.75, 3.05) is 0 Å². The van der Waals surface area contributed by atoms with Crippen LogP contribution in [0.3, 0.4) is 0 Å². The van der Waals surface area contributed by atoms with Crippen molar-refractivity contribution in [1.29, 1.82) is 0 Å². The molecule has 0 atom stereocenters. The molecule has 0 amide bonds. The van der Waals surface area contributed by atoms with Gasteiger partial charge in [-0.15, -0.1) is 0 Å². The van der Waals surface area contributed by atoms with Crippen molar-refractivity contribution in [1.82, 2.24) is 4.98 Å². The van der Waals surface area contributed by atoms with E-state index >= 15 is 0 Å². The summed E-state index contributed by atoms with van der Waals surface area (Å²) in [6, 6.07) is 9.36. The first-order valence-corrected chi connectivity index (χ1v) is 11.2. The van der Waals surface area contributed by atoms with Crippen LogP contribution in [0.15, 0.2) is 48.7 Å². The normalized spacial score (nSPS) is 20.2. The number of aromatic nitrogens is 1. The summed E-state index contributed by atoms with van der Waals surface area (Å²) in [4.78, 5) is 4.82. The van der Waals surface area contributed by atoms with E-state index in [1.807, 2.05) is 6.20 Å². The zero-order valence-electron chi connectivity index (χ0n) is 18.9. The third kappa shape index (κ3) is 3.84. The maximum atomic E-state index is 4.82. The molecule has 152 valence electrons. The molecular weight excluding hydrogens is 350 g/mol. The Balaban J connectivity index is 1.63. The highest BCUT2D eigenvalue weighted by Crippen LogP contribution is 2.46. The van der Waals surface area contributed by atoms with Crippen LogP contribution in [0.25, 0.3) is 5.57 Å². The topological polar surface area (TPSA) is 12.9 Å². The summed E-state index contributed by atoms with van der Waals surface area (Å²) in [7, 11) is 0. The van der Waals surface area contributed by atoms with Gasteiger partial charge < -0.3 is 0 Å². The van der Waals surface area contributed by atoms with Crippen molar-refractivity contribution in [3.63, 3.8) is 0 Å². The second kappa shape index (κ2) is 7.27. The maximum absolute atomic E-state index is 4.82. The van der Waals surface area contributed by atoms with E-state index < -0.39 is 0 Å². The molecule has 4 rings (SSSR count). The Bertz CT molecular complexity index is 970. The monoisotopic (exact) mass is 385 g/mol.